The van der Waals surface area contributed by atoms with E-state index in [4.69, 9.17) is 0 Å². The number of aromatic nitrogens is 1. The van der Waals surface area contributed by atoms with Gasteiger partial charge in [0, 0.05) is 18.7 Å². The molecular weight excluding hydrogens is 264 g/mol. The minimum atomic E-state index is -0.397. The zero-order valence-corrected chi connectivity index (χ0v) is 12.0. The van der Waals surface area contributed by atoms with Crippen LogP contribution in [-0.4, -0.2) is 40.1 Å². The molecule has 4 heteroatoms. The molecule has 1 aliphatic heterocycles. The van der Waals surface area contributed by atoms with Gasteiger partial charge in [0.1, 0.15) is 0 Å². The molecule has 0 aliphatic carbocycles. The predicted molar refractivity (Wildman–Crippen MR) is 80.9 cm³/mol. The number of rotatable bonds is 2. The smallest absolute Gasteiger partial charge is 0.255 e. The lowest BCUT2D eigenvalue weighted by molar-refractivity contribution is 0.0764. The third-order valence-corrected chi connectivity index (χ3v) is 3.84. The second-order valence-electron chi connectivity index (χ2n) is 5.39. The number of pyridine rings is 1. The molecule has 0 radical (unpaired) electrons. The minimum Gasteiger partial charge on any atom is -0.391 e. The van der Waals surface area contributed by atoms with Crippen molar-refractivity contribution in [3.8, 4) is 11.3 Å². The van der Waals surface area contributed by atoms with Gasteiger partial charge in [0.05, 0.1) is 23.1 Å². The Morgan fingerprint density at radius 3 is 2.62 bits per heavy atom. The number of carbonyl (C=O) groups excluding carboxylic acids is 1. The molecule has 1 N–H and O–H groups in total. The molecule has 0 spiro atoms. The van der Waals surface area contributed by atoms with Crippen LogP contribution in [0.1, 0.15) is 22.5 Å². The van der Waals surface area contributed by atoms with E-state index in [2.05, 4.69) is 4.98 Å². The highest BCUT2D eigenvalue weighted by Crippen LogP contribution is 2.20. The summed E-state index contributed by atoms with van der Waals surface area (Å²) in [6.45, 7) is 2.88. The third kappa shape index (κ3) is 2.81. The van der Waals surface area contributed by atoms with E-state index < -0.39 is 6.10 Å². The van der Waals surface area contributed by atoms with Crippen LogP contribution < -0.4 is 0 Å². The van der Waals surface area contributed by atoms with Gasteiger partial charge in [0.2, 0.25) is 0 Å². The Morgan fingerprint density at radius 1 is 1.24 bits per heavy atom. The van der Waals surface area contributed by atoms with E-state index in [0.29, 0.717) is 25.1 Å². The first-order chi connectivity index (χ1) is 10.1. The molecule has 1 fully saturated rings. The maximum absolute atomic E-state index is 12.4. The second kappa shape index (κ2) is 5.66. The molecule has 108 valence electrons. The zero-order chi connectivity index (χ0) is 14.8. The van der Waals surface area contributed by atoms with E-state index in [0.717, 1.165) is 17.0 Å². The standard InChI is InChI=1S/C17H18N2O2/c1-12-15(17(21)19-10-9-14(20)11-19)7-8-16(18-12)13-5-3-2-4-6-13/h2-8,14,20H,9-11H2,1H3/t14-/m1/s1. The molecule has 1 amide bonds. The van der Waals surface area contributed by atoms with Gasteiger partial charge in [0.25, 0.3) is 5.91 Å². The van der Waals surface area contributed by atoms with Crippen LogP contribution in [0.3, 0.4) is 0 Å². The lowest BCUT2D eigenvalue weighted by Crippen LogP contribution is -2.30. The summed E-state index contributed by atoms with van der Waals surface area (Å²) in [6, 6.07) is 13.6. The zero-order valence-electron chi connectivity index (χ0n) is 12.0. The van der Waals surface area contributed by atoms with Gasteiger partial charge in [-0.25, -0.2) is 0 Å². The number of β-amino-alcohol motifs (C(OH)–C–C–N with tert-alkyl or cyclic N) is 1. The number of likely N-dealkylation sites (tertiary alicyclic amines) is 1. The van der Waals surface area contributed by atoms with Gasteiger partial charge in [0.15, 0.2) is 0 Å². The number of amides is 1. The van der Waals surface area contributed by atoms with Crippen LogP contribution in [0.2, 0.25) is 0 Å². The SMILES string of the molecule is Cc1nc(-c2ccccc2)ccc1C(=O)N1CC[C@@H](O)C1. The number of benzene rings is 1. The second-order valence-corrected chi connectivity index (χ2v) is 5.39. The van der Waals surface area contributed by atoms with E-state index in [1.807, 2.05) is 49.4 Å². The topological polar surface area (TPSA) is 53.4 Å². The monoisotopic (exact) mass is 282 g/mol. The summed E-state index contributed by atoms with van der Waals surface area (Å²) in [4.78, 5) is 18.7. The van der Waals surface area contributed by atoms with Crippen molar-refractivity contribution < 1.29 is 9.90 Å². The molecule has 21 heavy (non-hydrogen) atoms. The van der Waals surface area contributed by atoms with Crippen LogP contribution in [0.15, 0.2) is 42.5 Å². The summed E-state index contributed by atoms with van der Waals surface area (Å²) in [5, 5.41) is 9.55. The average Bonchev–Trinajstić information content (AvgIpc) is 2.94. The first-order valence-corrected chi connectivity index (χ1v) is 7.15. The Hall–Kier alpha value is -2.20. The molecule has 1 aromatic heterocycles. The molecule has 3 rings (SSSR count). The van der Waals surface area contributed by atoms with Crippen LogP contribution in [0.5, 0.6) is 0 Å². The first-order valence-electron chi connectivity index (χ1n) is 7.15. The van der Waals surface area contributed by atoms with Crippen molar-refractivity contribution in [2.24, 2.45) is 0 Å². The molecular formula is C17H18N2O2. The molecule has 2 aromatic rings. The molecule has 1 aliphatic rings. The number of aliphatic hydroxyl groups is 1. The van der Waals surface area contributed by atoms with Crippen LogP contribution in [0.25, 0.3) is 11.3 Å². The quantitative estimate of drug-likeness (QED) is 0.919. The summed E-state index contributed by atoms with van der Waals surface area (Å²) < 4.78 is 0. The van der Waals surface area contributed by atoms with Crippen molar-refractivity contribution in [3.63, 3.8) is 0 Å². The van der Waals surface area contributed by atoms with Gasteiger partial charge < -0.3 is 10.0 Å². The largest absolute Gasteiger partial charge is 0.391 e. The number of aryl methyl sites for hydroxylation is 1. The Bertz CT molecular complexity index is 655. The number of hydrogen-bond donors (Lipinski definition) is 1. The number of nitrogens with zero attached hydrogens (tertiary/aromatic N) is 2. The van der Waals surface area contributed by atoms with Gasteiger partial charge in [-0.15, -0.1) is 0 Å². The fourth-order valence-corrected chi connectivity index (χ4v) is 2.65. The van der Waals surface area contributed by atoms with Crippen molar-refractivity contribution in [3.05, 3.63) is 53.7 Å². The van der Waals surface area contributed by atoms with E-state index >= 15 is 0 Å². The predicted octanol–water partition coefficient (Wildman–Crippen LogP) is 2.26. The van der Waals surface area contributed by atoms with Crippen LogP contribution in [-0.2, 0) is 0 Å². The summed E-state index contributed by atoms with van der Waals surface area (Å²) in [7, 11) is 0. The van der Waals surface area contributed by atoms with E-state index in [1.165, 1.54) is 0 Å². The normalized spacial score (nSPS) is 18.0. The number of aliphatic hydroxyl groups excluding tert-OH is 1. The van der Waals surface area contributed by atoms with E-state index in [9.17, 15) is 9.90 Å². The Balaban J connectivity index is 1.86. The van der Waals surface area contributed by atoms with E-state index in [1.54, 1.807) is 4.90 Å². The Kier molecular flexibility index (Phi) is 3.71. The fraction of sp³-hybridized carbons (Fsp3) is 0.294. The van der Waals surface area contributed by atoms with Crippen molar-refractivity contribution in [1.29, 1.82) is 0 Å². The summed E-state index contributed by atoms with van der Waals surface area (Å²) >= 11 is 0. The van der Waals surface area contributed by atoms with Gasteiger partial charge in [-0.1, -0.05) is 30.3 Å². The lowest BCUT2D eigenvalue weighted by Gasteiger charge is -2.17. The highest BCUT2D eigenvalue weighted by Gasteiger charge is 2.26. The van der Waals surface area contributed by atoms with Crippen LogP contribution in [0.4, 0.5) is 0 Å². The van der Waals surface area contributed by atoms with Gasteiger partial charge >= 0.3 is 0 Å². The highest BCUT2D eigenvalue weighted by atomic mass is 16.3. The summed E-state index contributed by atoms with van der Waals surface area (Å²) in [5.74, 6) is -0.0452. The Labute approximate surface area is 124 Å². The summed E-state index contributed by atoms with van der Waals surface area (Å²) in [6.07, 6.45) is 0.256. The molecule has 0 unspecified atom stereocenters. The molecule has 4 nitrogen and oxygen atoms in total. The van der Waals surface area contributed by atoms with Crippen molar-refractivity contribution in [1.82, 2.24) is 9.88 Å². The molecule has 0 saturated carbocycles. The minimum absolute atomic E-state index is 0.0452. The van der Waals surface area contributed by atoms with Crippen molar-refractivity contribution in [2.75, 3.05) is 13.1 Å². The maximum atomic E-state index is 12.4. The van der Waals surface area contributed by atoms with Crippen LogP contribution >= 0.6 is 0 Å². The van der Waals surface area contributed by atoms with Gasteiger partial charge in [-0.2, -0.15) is 0 Å². The van der Waals surface area contributed by atoms with Crippen LogP contribution in [0, 0.1) is 6.92 Å². The van der Waals surface area contributed by atoms with Gasteiger partial charge in [-0.3, -0.25) is 9.78 Å². The summed E-state index contributed by atoms with van der Waals surface area (Å²) in [5.41, 5.74) is 3.24. The highest BCUT2D eigenvalue weighted by molar-refractivity contribution is 5.95. The first kappa shape index (κ1) is 13.8. The average molecular weight is 282 g/mol. The fourth-order valence-electron chi connectivity index (χ4n) is 2.65. The lowest BCUT2D eigenvalue weighted by atomic mass is 10.1. The molecule has 2 heterocycles. The van der Waals surface area contributed by atoms with Crippen molar-refractivity contribution >= 4 is 5.91 Å². The van der Waals surface area contributed by atoms with Gasteiger partial charge in [-0.05, 0) is 25.5 Å². The number of hydrogen-bond acceptors (Lipinski definition) is 3. The molecule has 1 aromatic carbocycles. The molecule has 1 saturated heterocycles. The maximum Gasteiger partial charge on any atom is 0.255 e. The Morgan fingerprint density at radius 2 is 2.00 bits per heavy atom. The molecule has 1 atom stereocenters. The third-order valence-electron chi connectivity index (χ3n) is 3.84. The number of carbonyl (C=O) groups is 1. The van der Waals surface area contributed by atoms with E-state index in [-0.39, 0.29) is 5.91 Å². The van der Waals surface area contributed by atoms with Crippen molar-refractivity contribution in [2.45, 2.75) is 19.4 Å². The molecule has 0 bridgehead atoms.